The standard InChI is InChI=1S/C11H17NO7.C7H9NO5.C6H9NO6S.ClH/c1-2-5-9(16)10(17)8(11(18)19-5)12-6(13)3-4-7(14)15;1-4(7(12)13)8-5(9)2-3-6(10)11;8-5(1-2-6(9)10)7-3-4-14(11,12)13;/h3-5,8-11,16-18H,2H2,1H3,(H,12,13)(H,14,15);2-4H,1H3,(H,8,9)(H,10,11)(H,12,13);1-2H,3-4H2,(H,7,8)(H,9,10)(H,11,12,13);1H/b4-3-;3-2-;2-1-;. The van der Waals surface area contributed by atoms with Crippen molar-refractivity contribution in [1.29, 1.82) is 0 Å². The third-order valence-corrected chi connectivity index (χ3v) is 5.67. The molecular weight excluding hydrogens is 686 g/mol. The van der Waals surface area contributed by atoms with Crippen molar-refractivity contribution in [2.45, 2.75) is 57.0 Å². The number of aliphatic hydroxyl groups is 3. The van der Waals surface area contributed by atoms with E-state index < -0.39 is 94.2 Å². The molecule has 1 heterocycles. The normalized spacial score (nSPS) is 21.1. The summed E-state index contributed by atoms with van der Waals surface area (Å²) in [5.74, 6) is -7.96. The Morgan fingerprint density at radius 1 is 0.766 bits per heavy atom. The highest BCUT2D eigenvalue weighted by molar-refractivity contribution is 7.85. The first kappa shape index (κ1) is 47.0. The van der Waals surface area contributed by atoms with Gasteiger partial charge >= 0.3 is 23.9 Å². The maximum absolute atomic E-state index is 11.3. The quantitative estimate of drug-likeness (QED) is 0.0642. The van der Waals surface area contributed by atoms with E-state index in [1.165, 1.54) is 6.92 Å². The second-order valence-corrected chi connectivity index (χ2v) is 10.2. The van der Waals surface area contributed by atoms with Crippen LogP contribution >= 0.6 is 12.4 Å². The SMILES string of the molecule is CC(NC(=O)/C=C\C(=O)O)C(=O)O.CCC1OC(O)C(NC(=O)/C=C\C(=O)O)C(O)C1O.Cl.O=C(O)/C=C\C(=O)NCCS(=O)(=O)O. The van der Waals surface area contributed by atoms with Crippen molar-refractivity contribution in [3.63, 3.8) is 0 Å². The average molecular weight is 722 g/mol. The summed E-state index contributed by atoms with van der Waals surface area (Å²) in [6.07, 6.45) is -0.394. The summed E-state index contributed by atoms with van der Waals surface area (Å²) in [7, 11) is -4.11. The van der Waals surface area contributed by atoms with Gasteiger partial charge in [0.05, 0.1) is 11.9 Å². The van der Waals surface area contributed by atoms with Crippen molar-refractivity contribution in [3.05, 3.63) is 36.5 Å². The molecule has 47 heavy (non-hydrogen) atoms. The molecule has 0 aromatic rings. The molecule has 0 bridgehead atoms. The largest absolute Gasteiger partial charge is 0.480 e. The first-order chi connectivity index (χ1) is 21.1. The average Bonchev–Trinajstić information content (AvgIpc) is 2.93. The Morgan fingerprint density at radius 3 is 1.62 bits per heavy atom. The lowest BCUT2D eigenvalue weighted by atomic mass is 9.95. The molecule has 0 radical (unpaired) electrons. The molecule has 1 saturated heterocycles. The van der Waals surface area contributed by atoms with Crippen molar-refractivity contribution in [2.24, 2.45) is 0 Å². The molecule has 1 fully saturated rings. The van der Waals surface area contributed by atoms with Crippen LogP contribution in [0.15, 0.2) is 36.5 Å². The minimum absolute atomic E-state index is 0. The van der Waals surface area contributed by atoms with Gasteiger partial charge in [-0.3, -0.25) is 23.7 Å². The molecule has 0 spiro atoms. The van der Waals surface area contributed by atoms with E-state index in [9.17, 15) is 57.3 Å². The first-order valence-electron chi connectivity index (χ1n) is 12.6. The van der Waals surface area contributed by atoms with E-state index in [2.05, 4.69) is 10.6 Å². The maximum atomic E-state index is 11.3. The van der Waals surface area contributed by atoms with Gasteiger partial charge in [0.15, 0.2) is 6.29 Å². The number of aliphatic carboxylic acids is 4. The molecule has 3 amide bonds. The van der Waals surface area contributed by atoms with Crippen molar-refractivity contribution in [3.8, 4) is 0 Å². The lowest BCUT2D eigenvalue weighted by molar-refractivity contribution is -0.247. The van der Waals surface area contributed by atoms with E-state index in [0.717, 1.165) is 18.2 Å². The highest BCUT2D eigenvalue weighted by atomic mass is 35.5. The summed E-state index contributed by atoms with van der Waals surface area (Å²) in [6.45, 7) is 2.71. The zero-order valence-corrected chi connectivity index (χ0v) is 26.2. The summed E-state index contributed by atoms with van der Waals surface area (Å²) in [5.41, 5.74) is 0. The highest BCUT2D eigenvalue weighted by Crippen LogP contribution is 2.21. The Balaban J connectivity index is -0.000000627. The third-order valence-electron chi connectivity index (χ3n) is 4.95. The first-order valence-corrected chi connectivity index (χ1v) is 14.2. The van der Waals surface area contributed by atoms with E-state index in [0.29, 0.717) is 24.6 Å². The Morgan fingerprint density at radius 2 is 1.21 bits per heavy atom. The number of rotatable bonds is 13. The molecule has 0 saturated carbocycles. The van der Waals surface area contributed by atoms with Crippen LogP contribution in [0.25, 0.3) is 0 Å². The van der Waals surface area contributed by atoms with Gasteiger partial charge < -0.3 is 56.4 Å². The molecule has 11 N–H and O–H groups in total. The van der Waals surface area contributed by atoms with Crippen LogP contribution in [-0.4, -0.2) is 139 Å². The second-order valence-electron chi connectivity index (χ2n) is 8.65. The molecule has 0 aliphatic carbocycles. The van der Waals surface area contributed by atoms with Gasteiger partial charge in [-0.2, -0.15) is 8.42 Å². The van der Waals surface area contributed by atoms with Crippen molar-refractivity contribution >= 4 is 64.1 Å². The van der Waals surface area contributed by atoms with E-state index in [1.54, 1.807) is 6.92 Å². The van der Waals surface area contributed by atoms with Gasteiger partial charge in [0, 0.05) is 43.0 Å². The Hall–Kier alpha value is -4.45. The fourth-order valence-corrected chi connectivity index (χ4v) is 3.14. The minimum Gasteiger partial charge on any atom is -0.480 e. The number of hydrogen-bond donors (Lipinski definition) is 11. The number of halogens is 1. The molecular formula is C24H36ClN3O18S. The lowest BCUT2D eigenvalue weighted by Gasteiger charge is -2.40. The topological polar surface area (TPSA) is 361 Å². The summed E-state index contributed by atoms with van der Waals surface area (Å²) < 4.78 is 33.6. The van der Waals surface area contributed by atoms with Gasteiger partial charge in [-0.15, -0.1) is 12.4 Å². The van der Waals surface area contributed by atoms with Crippen LogP contribution in [0.4, 0.5) is 0 Å². The Kier molecular flexibility index (Phi) is 23.8. The van der Waals surface area contributed by atoms with Gasteiger partial charge in [0.2, 0.25) is 17.7 Å². The van der Waals surface area contributed by atoms with Crippen LogP contribution in [0.2, 0.25) is 0 Å². The van der Waals surface area contributed by atoms with Gasteiger partial charge in [-0.25, -0.2) is 14.4 Å². The van der Waals surface area contributed by atoms with Crippen molar-refractivity contribution in [2.75, 3.05) is 12.3 Å². The number of hydrogen-bond acceptors (Lipinski definition) is 13. The number of aliphatic hydroxyl groups excluding tert-OH is 3. The molecule has 0 aromatic heterocycles. The lowest BCUT2D eigenvalue weighted by Crippen LogP contribution is -2.63. The number of carbonyl (C=O) groups excluding carboxylic acids is 3. The molecule has 1 rings (SSSR count). The molecule has 1 aliphatic rings. The zero-order valence-electron chi connectivity index (χ0n) is 24.5. The maximum Gasteiger partial charge on any atom is 0.328 e. The summed E-state index contributed by atoms with van der Waals surface area (Å²) in [6, 6.07) is -2.27. The number of nitrogens with one attached hydrogen (secondary N) is 3. The summed E-state index contributed by atoms with van der Waals surface area (Å²) in [5, 5.41) is 68.4. The molecule has 1 aliphatic heterocycles. The smallest absolute Gasteiger partial charge is 0.328 e. The van der Waals surface area contributed by atoms with Crippen molar-refractivity contribution < 1.29 is 87.0 Å². The van der Waals surface area contributed by atoms with E-state index >= 15 is 0 Å². The van der Waals surface area contributed by atoms with Crippen LogP contribution in [0.1, 0.15) is 20.3 Å². The minimum atomic E-state index is -4.11. The second kappa shape index (κ2) is 23.8. The zero-order chi connectivity index (χ0) is 36.2. The summed E-state index contributed by atoms with van der Waals surface area (Å²) >= 11 is 0. The predicted octanol–water partition coefficient (Wildman–Crippen LogP) is -3.77. The Bertz CT molecular complexity index is 1290. The molecule has 23 heteroatoms. The molecule has 0 aromatic carbocycles. The van der Waals surface area contributed by atoms with Crippen LogP contribution in [0, 0.1) is 0 Å². The number of carbonyl (C=O) groups is 7. The van der Waals surface area contributed by atoms with Gasteiger partial charge in [0.1, 0.15) is 24.3 Å². The molecule has 268 valence electrons. The number of ether oxygens (including phenoxy) is 1. The molecule has 6 unspecified atom stereocenters. The number of carboxylic acids is 4. The fraction of sp³-hybridized carbons (Fsp3) is 0.458. The molecule has 6 atom stereocenters. The van der Waals surface area contributed by atoms with Crippen LogP contribution in [0.5, 0.6) is 0 Å². The van der Waals surface area contributed by atoms with E-state index in [4.69, 9.17) is 29.7 Å². The summed E-state index contributed by atoms with van der Waals surface area (Å²) in [4.78, 5) is 73.1. The van der Waals surface area contributed by atoms with Crippen molar-refractivity contribution in [1.82, 2.24) is 16.0 Å². The third kappa shape index (κ3) is 24.5. The number of carboxylic acid groups (broad SMARTS) is 4. The van der Waals surface area contributed by atoms with Crippen LogP contribution in [-0.2, 0) is 48.4 Å². The highest BCUT2D eigenvalue weighted by Gasteiger charge is 2.43. The van der Waals surface area contributed by atoms with Crippen LogP contribution in [0.3, 0.4) is 0 Å². The monoisotopic (exact) mass is 721 g/mol. The van der Waals surface area contributed by atoms with Gasteiger partial charge in [-0.1, -0.05) is 6.92 Å². The van der Waals surface area contributed by atoms with E-state index in [1.807, 2.05) is 5.32 Å². The van der Waals surface area contributed by atoms with Gasteiger partial charge in [-0.05, 0) is 13.3 Å². The van der Waals surface area contributed by atoms with Crippen LogP contribution < -0.4 is 16.0 Å². The van der Waals surface area contributed by atoms with Gasteiger partial charge in [0.25, 0.3) is 10.1 Å². The fourth-order valence-electron chi connectivity index (χ4n) is 2.78. The molecule has 21 nitrogen and oxygen atoms in total. The predicted molar refractivity (Wildman–Crippen MR) is 157 cm³/mol. The number of amides is 3. The van der Waals surface area contributed by atoms with E-state index in [-0.39, 0.29) is 19.0 Å². The Labute approximate surface area is 272 Å².